The van der Waals surface area contributed by atoms with Crippen LogP contribution in [0.3, 0.4) is 0 Å². The van der Waals surface area contributed by atoms with E-state index in [1.807, 2.05) is 50.2 Å². The summed E-state index contributed by atoms with van der Waals surface area (Å²) in [6, 6.07) is 14.4. The molecule has 22 heavy (non-hydrogen) atoms. The van der Waals surface area contributed by atoms with Crippen molar-refractivity contribution in [3.05, 3.63) is 76.2 Å². The number of benzene rings is 2. The van der Waals surface area contributed by atoms with Crippen molar-refractivity contribution >= 4 is 0 Å². The first-order valence-electron chi connectivity index (χ1n) is 7.01. The van der Waals surface area contributed by atoms with Crippen LogP contribution in [0.2, 0.25) is 0 Å². The van der Waals surface area contributed by atoms with Crippen molar-refractivity contribution in [2.75, 3.05) is 0 Å². The van der Waals surface area contributed by atoms with Gasteiger partial charge >= 0.3 is 0 Å². The van der Waals surface area contributed by atoms with Gasteiger partial charge in [-0.15, -0.1) is 0 Å². The number of hydrogen-bond donors (Lipinski definition) is 1. The molecule has 0 aliphatic heterocycles. The SMILES string of the molecule is Cc1cc(C)c(-c2cnn(-c3ccccc3)c(=O)c2)c(O)c1. The standard InChI is InChI=1S/C18H16N2O2/c1-12-8-13(2)18(16(21)9-12)14-10-17(22)20(19-11-14)15-6-4-3-5-7-15/h3-11,21H,1-2H3. The molecule has 3 rings (SSSR count). The molecule has 0 spiro atoms. The molecule has 0 radical (unpaired) electrons. The summed E-state index contributed by atoms with van der Waals surface area (Å²) in [5, 5.41) is 14.4. The minimum Gasteiger partial charge on any atom is -0.507 e. The quantitative estimate of drug-likeness (QED) is 0.789. The predicted molar refractivity (Wildman–Crippen MR) is 86.4 cm³/mol. The molecule has 2 aromatic carbocycles. The number of aryl methyl sites for hydroxylation is 2. The van der Waals surface area contributed by atoms with E-state index in [0.29, 0.717) is 16.8 Å². The second kappa shape index (κ2) is 5.48. The van der Waals surface area contributed by atoms with Gasteiger partial charge in [-0.1, -0.05) is 24.3 Å². The summed E-state index contributed by atoms with van der Waals surface area (Å²) >= 11 is 0. The molecule has 0 saturated carbocycles. The first kappa shape index (κ1) is 14.1. The Kier molecular flexibility index (Phi) is 3.51. The summed E-state index contributed by atoms with van der Waals surface area (Å²) in [5.74, 6) is 0.163. The molecule has 110 valence electrons. The second-order valence-corrected chi connectivity index (χ2v) is 5.31. The normalized spacial score (nSPS) is 10.6. The lowest BCUT2D eigenvalue weighted by atomic mass is 9.99. The fraction of sp³-hybridized carbons (Fsp3) is 0.111. The molecule has 0 aliphatic carbocycles. The van der Waals surface area contributed by atoms with Gasteiger partial charge < -0.3 is 5.11 Å². The average molecular weight is 292 g/mol. The first-order valence-corrected chi connectivity index (χ1v) is 7.01. The Bertz CT molecular complexity index is 860. The van der Waals surface area contributed by atoms with E-state index in [1.54, 1.807) is 12.3 Å². The molecule has 1 heterocycles. The number of aromatic nitrogens is 2. The Morgan fingerprint density at radius 2 is 1.77 bits per heavy atom. The Labute approximate surface area is 128 Å². The lowest BCUT2D eigenvalue weighted by Crippen LogP contribution is -2.20. The summed E-state index contributed by atoms with van der Waals surface area (Å²) < 4.78 is 1.34. The summed E-state index contributed by atoms with van der Waals surface area (Å²) in [7, 11) is 0. The molecule has 0 amide bonds. The fourth-order valence-corrected chi connectivity index (χ4v) is 2.63. The Morgan fingerprint density at radius 3 is 2.41 bits per heavy atom. The van der Waals surface area contributed by atoms with Crippen LogP contribution in [0.1, 0.15) is 11.1 Å². The van der Waals surface area contributed by atoms with Gasteiger partial charge in [-0.3, -0.25) is 4.79 Å². The largest absolute Gasteiger partial charge is 0.507 e. The van der Waals surface area contributed by atoms with Crippen molar-refractivity contribution in [2.45, 2.75) is 13.8 Å². The lowest BCUT2D eigenvalue weighted by molar-refractivity contribution is 0.476. The van der Waals surface area contributed by atoms with E-state index in [1.165, 1.54) is 10.7 Å². The zero-order chi connectivity index (χ0) is 15.7. The third-order valence-electron chi connectivity index (χ3n) is 3.55. The van der Waals surface area contributed by atoms with Gasteiger partial charge in [0.2, 0.25) is 0 Å². The number of nitrogens with zero attached hydrogens (tertiary/aromatic N) is 2. The van der Waals surface area contributed by atoms with Gasteiger partial charge in [0.1, 0.15) is 5.75 Å². The molecule has 0 bridgehead atoms. The predicted octanol–water partition coefficient (Wildman–Crippen LogP) is 3.22. The second-order valence-electron chi connectivity index (χ2n) is 5.31. The minimum atomic E-state index is -0.233. The van der Waals surface area contributed by atoms with Crippen LogP contribution < -0.4 is 5.56 Å². The lowest BCUT2D eigenvalue weighted by Gasteiger charge is -2.11. The molecule has 1 aromatic heterocycles. The monoisotopic (exact) mass is 292 g/mol. The zero-order valence-electron chi connectivity index (χ0n) is 12.4. The van der Waals surface area contributed by atoms with Crippen molar-refractivity contribution < 1.29 is 5.11 Å². The van der Waals surface area contributed by atoms with Crippen LogP contribution in [0.4, 0.5) is 0 Å². The van der Waals surface area contributed by atoms with Crippen LogP contribution in [0.25, 0.3) is 16.8 Å². The Morgan fingerprint density at radius 1 is 1.05 bits per heavy atom. The van der Waals surface area contributed by atoms with Gasteiger partial charge in [0, 0.05) is 17.2 Å². The summed E-state index contributed by atoms with van der Waals surface area (Å²) in [6.45, 7) is 3.83. The minimum absolute atomic E-state index is 0.163. The Hall–Kier alpha value is -2.88. The van der Waals surface area contributed by atoms with Gasteiger partial charge in [-0.25, -0.2) is 0 Å². The molecule has 0 atom stereocenters. The molecular formula is C18H16N2O2. The van der Waals surface area contributed by atoms with E-state index < -0.39 is 0 Å². The molecule has 4 heteroatoms. The molecule has 0 unspecified atom stereocenters. The van der Waals surface area contributed by atoms with Crippen molar-refractivity contribution in [1.29, 1.82) is 0 Å². The topological polar surface area (TPSA) is 55.1 Å². The van der Waals surface area contributed by atoms with Crippen molar-refractivity contribution in [1.82, 2.24) is 9.78 Å². The van der Waals surface area contributed by atoms with Crippen LogP contribution in [0, 0.1) is 13.8 Å². The van der Waals surface area contributed by atoms with Crippen molar-refractivity contribution in [3.8, 4) is 22.6 Å². The summed E-state index contributed by atoms with van der Waals surface area (Å²) in [5.41, 5.74) is 3.63. The fourth-order valence-electron chi connectivity index (χ4n) is 2.63. The van der Waals surface area contributed by atoms with Crippen LogP contribution in [0.15, 0.2) is 59.5 Å². The maximum atomic E-state index is 12.3. The van der Waals surface area contributed by atoms with Crippen LogP contribution in [0.5, 0.6) is 5.75 Å². The average Bonchev–Trinajstić information content (AvgIpc) is 2.47. The third kappa shape index (κ3) is 2.51. The van der Waals surface area contributed by atoms with Gasteiger partial charge in [0.05, 0.1) is 11.9 Å². The third-order valence-corrected chi connectivity index (χ3v) is 3.55. The summed E-state index contributed by atoms with van der Waals surface area (Å²) in [4.78, 5) is 12.3. The molecule has 0 saturated heterocycles. The summed E-state index contributed by atoms with van der Waals surface area (Å²) in [6.07, 6.45) is 1.60. The van der Waals surface area contributed by atoms with Gasteiger partial charge in [0.25, 0.3) is 5.56 Å². The number of rotatable bonds is 2. The van der Waals surface area contributed by atoms with E-state index in [2.05, 4.69) is 5.10 Å². The molecule has 3 aromatic rings. The molecular weight excluding hydrogens is 276 g/mol. The van der Waals surface area contributed by atoms with E-state index in [4.69, 9.17) is 0 Å². The maximum absolute atomic E-state index is 12.3. The number of phenolic OH excluding ortho intramolecular Hbond substituents is 1. The van der Waals surface area contributed by atoms with Crippen molar-refractivity contribution in [2.24, 2.45) is 0 Å². The van der Waals surface area contributed by atoms with Crippen LogP contribution >= 0.6 is 0 Å². The highest BCUT2D eigenvalue weighted by atomic mass is 16.3. The number of phenols is 1. The number of hydrogen-bond acceptors (Lipinski definition) is 3. The zero-order valence-corrected chi connectivity index (χ0v) is 12.4. The van der Waals surface area contributed by atoms with Crippen molar-refractivity contribution in [3.63, 3.8) is 0 Å². The van der Waals surface area contributed by atoms with Crippen LogP contribution in [-0.4, -0.2) is 14.9 Å². The highest BCUT2D eigenvalue weighted by molar-refractivity contribution is 5.73. The van der Waals surface area contributed by atoms with E-state index in [0.717, 1.165) is 11.1 Å². The van der Waals surface area contributed by atoms with Gasteiger partial charge in [0.15, 0.2) is 0 Å². The van der Waals surface area contributed by atoms with E-state index >= 15 is 0 Å². The molecule has 4 nitrogen and oxygen atoms in total. The van der Waals surface area contributed by atoms with E-state index in [-0.39, 0.29) is 11.3 Å². The van der Waals surface area contributed by atoms with Gasteiger partial charge in [-0.2, -0.15) is 9.78 Å². The number of para-hydroxylation sites is 1. The molecule has 0 aliphatic rings. The molecule has 1 N–H and O–H groups in total. The van der Waals surface area contributed by atoms with E-state index in [9.17, 15) is 9.90 Å². The highest BCUT2D eigenvalue weighted by Gasteiger charge is 2.11. The van der Waals surface area contributed by atoms with Crippen LogP contribution in [-0.2, 0) is 0 Å². The maximum Gasteiger partial charge on any atom is 0.272 e. The Balaban J connectivity index is 2.13. The van der Waals surface area contributed by atoms with Gasteiger partial charge in [-0.05, 0) is 43.2 Å². The first-order chi connectivity index (χ1) is 10.6. The smallest absolute Gasteiger partial charge is 0.272 e. The molecule has 0 fully saturated rings. The highest BCUT2D eigenvalue weighted by Crippen LogP contribution is 2.32. The number of aromatic hydroxyl groups is 1.